The Kier molecular flexibility index (Phi) is 10.5. The molecule has 5 rings (SSSR count). The predicted molar refractivity (Wildman–Crippen MR) is 169 cm³/mol. The highest BCUT2D eigenvalue weighted by atomic mass is 28.3. The van der Waals surface area contributed by atoms with Crippen molar-refractivity contribution in [2.24, 2.45) is 5.92 Å². The molecule has 0 saturated heterocycles. The Morgan fingerprint density at radius 2 is 1.69 bits per heavy atom. The zero-order valence-corrected chi connectivity index (χ0v) is 28.2. The molecule has 0 bridgehead atoms. The van der Waals surface area contributed by atoms with Crippen LogP contribution in [0.5, 0.6) is 0 Å². The average Bonchev–Trinajstić information content (AvgIpc) is 3.00. The number of hydrogen-bond acceptors (Lipinski definition) is 7. The van der Waals surface area contributed by atoms with Crippen LogP contribution in [0.15, 0.2) is 35.5 Å². The first-order chi connectivity index (χ1) is 22.9. The highest BCUT2D eigenvalue weighted by Crippen LogP contribution is 2.35. The summed E-state index contributed by atoms with van der Waals surface area (Å²) in [6, 6.07) is 2.78. The number of nitrogens with zero attached hydrogens (tertiary/aromatic N) is 5. The summed E-state index contributed by atoms with van der Waals surface area (Å²) in [5.41, 5.74) is -3.61. The molecule has 1 amide bonds. The standard InChI is InChI=1S/C32H37F7N6O3Si/c1-49(2,3)10-9-48-18-45-30(47)27(32(37,38)39)26(16-42-45)43-22-6-4-5-19(11-22)17-44-8-7-20-12-24(25(33)13-23(20)29(44)46)28-40-14-21(15-41-28)31(34,35)36/h12-16,19,22,43H,4-11,17-18H2,1-3H3/t19-,22+/m1/s1. The lowest BCUT2D eigenvalue weighted by Gasteiger charge is -2.36. The average molecular weight is 715 g/mol. The molecular weight excluding hydrogens is 677 g/mol. The molecule has 0 unspecified atom stereocenters. The fourth-order valence-corrected chi connectivity index (χ4v) is 6.88. The minimum absolute atomic E-state index is 0.0798. The Morgan fingerprint density at radius 1 is 0.980 bits per heavy atom. The quantitative estimate of drug-likeness (QED) is 0.139. The van der Waals surface area contributed by atoms with Gasteiger partial charge in [0.2, 0.25) is 0 Å². The van der Waals surface area contributed by atoms with E-state index in [9.17, 15) is 35.9 Å². The van der Waals surface area contributed by atoms with Crippen LogP contribution in [0, 0.1) is 11.7 Å². The molecule has 1 fully saturated rings. The van der Waals surface area contributed by atoms with Gasteiger partial charge in [0.15, 0.2) is 5.82 Å². The number of nitrogens with one attached hydrogen (secondary N) is 1. The normalized spacial score (nSPS) is 18.8. The van der Waals surface area contributed by atoms with E-state index in [4.69, 9.17) is 4.74 Å². The maximum atomic E-state index is 15.1. The van der Waals surface area contributed by atoms with E-state index in [2.05, 4.69) is 40.0 Å². The van der Waals surface area contributed by atoms with Gasteiger partial charge in [-0.15, -0.1) is 0 Å². The number of carbonyl (C=O) groups is 1. The van der Waals surface area contributed by atoms with Crippen molar-refractivity contribution in [3.05, 3.63) is 69.1 Å². The number of ether oxygens (including phenoxy) is 1. The Labute approximate surface area is 278 Å². The predicted octanol–water partition coefficient (Wildman–Crippen LogP) is 6.86. The van der Waals surface area contributed by atoms with Gasteiger partial charge in [0.25, 0.3) is 11.5 Å². The molecule has 3 aromatic rings. The number of anilines is 1. The second kappa shape index (κ2) is 14.2. The Bertz CT molecular complexity index is 1720. The molecule has 266 valence electrons. The van der Waals surface area contributed by atoms with Crippen LogP contribution in [0.25, 0.3) is 11.4 Å². The molecule has 0 spiro atoms. The lowest BCUT2D eigenvalue weighted by molar-refractivity contribution is -0.139. The fourth-order valence-electron chi connectivity index (χ4n) is 6.12. The van der Waals surface area contributed by atoms with Crippen LogP contribution < -0.4 is 10.9 Å². The monoisotopic (exact) mass is 714 g/mol. The number of aromatic nitrogens is 4. The van der Waals surface area contributed by atoms with E-state index < -0.39 is 60.6 Å². The first kappa shape index (κ1) is 36.4. The summed E-state index contributed by atoms with van der Waals surface area (Å²) in [6.07, 6.45) is -4.73. The molecule has 3 heterocycles. The number of amides is 1. The summed E-state index contributed by atoms with van der Waals surface area (Å²) in [5, 5.41) is 6.82. The molecule has 1 N–H and O–H groups in total. The number of benzene rings is 1. The van der Waals surface area contributed by atoms with Gasteiger partial charge in [-0.25, -0.2) is 19.0 Å². The minimum Gasteiger partial charge on any atom is -0.380 e. The molecule has 1 aliphatic heterocycles. The molecular formula is C32H37F7N6O3Si. The van der Waals surface area contributed by atoms with Gasteiger partial charge in [-0.3, -0.25) is 9.59 Å². The first-order valence-electron chi connectivity index (χ1n) is 15.9. The second-order valence-corrected chi connectivity index (χ2v) is 19.4. The fraction of sp³-hybridized carbons (Fsp3) is 0.531. The van der Waals surface area contributed by atoms with Crippen molar-refractivity contribution in [2.75, 3.05) is 25.0 Å². The van der Waals surface area contributed by atoms with E-state index in [1.54, 1.807) is 4.90 Å². The summed E-state index contributed by atoms with van der Waals surface area (Å²) in [5.74, 6) is -1.60. The van der Waals surface area contributed by atoms with Crippen LogP contribution in [-0.4, -0.2) is 64.4 Å². The molecule has 2 atom stereocenters. The van der Waals surface area contributed by atoms with E-state index in [1.807, 2.05) is 0 Å². The number of halogens is 7. The zero-order valence-electron chi connectivity index (χ0n) is 27.2. The van der Waals surface area contributed by atoms with Crippen LogP contribution >= 0.6 is 0 Å². The molecule has 9 nitrogen and oxygen atoms in total. The highest BCUT2D eigenvalue weighted by Gasteiger charge is 2.39. The van der Waals surface area contributed by atoms with Crippen molar-refractivity contribution >= 4 is 19.7 Å². The number of fused-ring (bicyclic) bond motifs is 1. The van der Waals surface area contributed by atoms with Gasteiger partial charge < -0.3 is 15.0 Å². The molecule has 49 heavy (non-hydrogen) atoms. The van der Waals surface area contributed by atoms with Crippen LogP contribution in [0.4, 0.5) is 36.4 Å². The Hall–Kier alpha value is -3.86. The van der Waals surface area contributed by atoms with Gasteiger partial charge in [0.05, 0.1) is 23.0 Å². The summed E-state index contributed by atoms with van der Waals surface area (Å²) < 4.78 is 102. The smallest absolute Gasteiger partial charge is 0.380 e. The van der Waals surface area contributed by atoms with E-state index in [0.29, 0.717) is 74.4 Å². The minimum atomic E-state index is -4.93. The third-order valence-electron chi connectivity index (χ3n) is 8.74. The van der Waals surface area contributed by atoms with Gasteiger partial charge in [0.1, 0.15) is 18.1 Å². The van der Waals surface area contributed by atoms with Crippen molar-refractivity contribution in [1.82, 2.24) is 24.6 Å². The van der Waals surface area contributed by atoms with Gasteiger partial charge in [0, 0.05) is 51.8 Å². The van der Waals surface area contributed by atoms with Gasteiger partial charge in [-0.2, -0.15) is 31.4 Å². The number of rotatable bonds is 10. The zero-order chi connectivity index (χ0) is 35.7. The topological polar surface area (TPSA) is 102 Å². The van der Waals surface area contributed by atoms with Crippen LogP contribution in [0.3, 0.4) is 0 Å². The molecule has 0 radical (unpaired) electrons. The lowest BCUT2D eigenvalue weighted by atomic mass is 9.84. The highest BCUT2D eigenvalue weighted by molar-refractivity contribution is 6.76. The molecule has 17 heteroatoms. The first-order valence-corrected chi connectivity index (χ1v) is 19.6. The van der Waals surface area contributed by atoms with Crippen LogP contribution in [-0.2, 0) is 30.2 Å². The van der Waals surface area contributed by atoms with Crippen LogP contribution in [0.2, 0.25) is 25.7 Å². The second-order valence-electron chi connectivity index (χ2n) is 13.7. The number of hydrogen-bond donors (Lipinski definition) is 1. The summed E-state index contributed by atoms with van der Waals surface area (Å²) in [6.45, 7) is 6.90. The maximum Gasteiger partial charge on any atom is 0.423 e. The van der Waals surface area contributed by atoms with Gasteiger partial charge in [-0.05, 0) is 55.3 Å². The van der Waals surface area contributed by atoms with E-state index in [-0.39, 0.29) is 29.6 Å². The number of alkyl halides is 6. The van der Waals surface area contributed by atoms with Crippen molar-refractivity contribution in [1.29, 1.82) is 0 Å². The SMILES string of the molecule is C[Si](C)(C)CCOCn1ncc(N[C@H]2CCC[C@@H](CN3CCc4cc(-c5ncc(C(F)(F)F)cn5)c(F)cc4C3=O)C2)c(C(F)(F)F)c1=O. The summed E-state index contributed by atoms with van der Waals surface area (Å²) >= 11 is 0. The molecule has 1 aromatic carbocycles. The summed E-state index contributed by atoms with van der Waals surface area (Å²) in [7, 11) is -1.44. The molecule has 1 saturated carbocycles. The lowest BCUT2D eigenvalue weighted by Crippen LogP contribution is -2.43. The summed E-state index contributed by atoms with van der Waals surface area (Å²) in [4.78, 5) is 35.2. The van der Waals surface area contributed by atoms with E-state index >= 15 is 4.39 Å². The number of carbonyl (C=O) groups excluding carboxylic acids is 1. The van der Waals surface area contributed by atoms with Crippen molar-refractivity contribution in [2.45, 2.75) is 82.9 Å². The molecule has 1 aliphatic carbocycles. The van der Waals surface area contributed by atoms with Gasteiger partial charge >= 0.3 is 12.4 Å². The van der Waals surface area contributed by atoms with E-state index in [1.165, 1.54) is 6.07 Å². The third kappa shape index (κ3) is 8.84. The molecule has 2 aromatic heterocycles. The third-order valence-corrected chi connectivity index (χ3v) is 10.4. The van der Waals surface area contributed by atoms with E-state index in [0.717, 1.165) is 18.3 Å². The molecule has 2 aliphatic rings. The Morgan fingerprint density at radius 3 is 2.35 bits per heavy atom. The van der Waals surface area contributed by atoms with Crippen LogP contribution in [0.1, 0.15) is 52.7 Å². The van der Waals surface area contributed by atoms with Gasteiger partial charge in [-0.1, -0.05) is 26.1 Å². The van der Waals surface area contributed by atoms with Crippen molar-refractivity contribution < 1.29 is 40.3 Å². The maximum absolute atomic E-state index is 15.1. The van der Waals surface area contributed by atoms with Crippen molar-refractivity contribution in [3.63, 3.8) is 0 Å². The van der Waals surface area contributed by atoms with Crippen molar-refractivity contribution in [3.8, 4) is 11.4 Å². The largest absolute Gasteiger partial charge is 0.423 e. The Balaban J connectivity index is 1.24.